The fraction of sp³-hybridized carbons (Fsp3) is 0.714. The van der Waals surface area contributed by atoms with Crippen molar-refractivity contribution in [2.45, 2.75) is 25.8 Å². The van der Waals surface area contributed by atoms with Gasteiger partial charge in [-0.3, -0.25) is 0 Å². The number of carbonyl (C=O) groups is 1. The summed E-state index contributed by atoms with van der Waals surface area (Å²) in [6, 6.07) is 1.75. The Bertz CT molecular complexity index is 162. The summed E-state index contributed by atoms with van der Waals surface area (Å²) in [5, 5.41) is 13.4. The summed E-state index contributed by atoms with van der Waals surface area (Å²) in [6.45, 7) is 1.93. The van der Waals surface area contributed by atoms with Crippen LogP contribution in [0.1, 0.15) is 19.8 Å². The topological polar surface area (TPSA) is 64.9 Å². The Hall–Kier alpha value is -1.24. The molecule has 0 aromatic heterocycles. The summed E-state index contributed by atoms with van der Waals surface area (Å²) >= 11 is 0. The Morgan fingerprint density at radius 2 is 2.36 bits per heavy atom. The molecular weight excluding hydrogens is 142 g/mol. The Balaban J connectivity index is 3.70. The van der Waals surface area contributed by atoms with E-state index in [9.17, 15) is 4.79 Å². The molecule has 0 radical (unpaired) electrons. The molecule has 62 valence electrons. The standard InChI is InChI=1S/C7H13N3O/c1-3-6(4-5-8)10-7(11)9-2/h6H,3-4H2,1-2H3,(H2,9,10,11). The monoisotopic (exact) mass is 155 g/mol. The van der Waals surface area contributed by atoms with Crippen molar-refractivity contribution in [2.24, 2.45) is 0 Å². The second-order valence-corrected chi connectivity index (χ2v) is 2.19. The molecule has 0 aliphatic rings. The van der Waals surface area contributed by atoms with Crippen molar-refractivity contribution in [1.29, 1.82) is 5.26 Å². The predicted molar refractivity (Wildman–Crippen MR) is 41.9 cm³/mol. The molecule has 0 aromatic carbocycles. The van der Waals surface area contributed by atoms with Gasteiger partial charge in [0.2, 0.25) is 0 Å². The van der Waals surface area contributed by atoms with E-state index < -0.39 is 0 Å². The highest BCUT2D eigenvalue weighted by Gasteiger charge is 2.06. The molecule has 2 amide bonds. The van der Waals surface area contributed by atoms with Gasteiger partial charge in [0, 0.05) is 13.1 Å². The molecule has 0 heterocycles. The van der Waals surface area contributed by atoms with E-state index in [0.29, 0.717) is 6.42 Å². The summed E-state index contributed by atoms with van der Waals surface area (Å²) < 4.78 is 0. The lowest BCUT2D eigenvalue weighted by Crippen LogP contribution is -2.39. The second kappa shape index (κ2) is 5.54. The van der Waals surface area contributed by atoms with Crippen molar-refractivity contribution in [3.05, 3.63) is 0 Å². The molecule has 0 spiro atoms. The maximum absolute atomic E-state index is 10.7. The zero-order valence-corrected chi connectivity index (χ0v) is 6.85. The van der Waals surface area contributed by atoms with Crippen LogP contribution in [0.5, 0.6) is 0 Å². The molecule has 0 aromatic rings. The van der Waals surface area contributed by atoms with Gasteiger partial charge < -0.3 is 10.6 Å². The normalized spacial score (nSPS) is 11.4. The van der Waals surface area contributed by atoms with Gasteiger partial charge in [-0.05, 0) is 6.42 Å². The Kier molecular flexibility index (Phi) is 4.91. The molecule has 4 nitrogen and oxygen atoms in total. The fourth-order valence-corrected chi connectivity index (χ4v) is 0.665. The van der Waals surface area contributed by atoms with Crippen molar-refractivity contribution < 1.29 is 4.79 Å². The largest absolute Gasteiger partial charge is 0.341 e. The van der Waals surface area contributed by atoms with Gasteiger partial charge in [-0.1, -0.05) is 6.92 Å². The average Bonchev–Trinajstić information content (AvgIpc) is 2.03. The van der Waals surface area contributed by atoms with Gasteiger partial charge in [0.1, 0.15) is 0 Å². The van der Waals surface area contributed by atoms with Gasteiger partial charge >= 0.3 is 6.03 Å². The van der Waals surface area contributed by atoms with Crippen LogP contribution in [0, 0.1) is 11.3 Å². The van der Waals surface area contributed by atoms with E-state index >= 15 is 0 Å². The van der Waals surface area contributed by atoms with Gasteiger partial charge in [-0.15, -0.1) is 0 Å². The quantitative estimate of drug-likeness (QED) is 0.627. The van der Waals surface area contributed by atoms with Crippen LogP contribution in [-0.4, -0.2) is 19.1 Å². The number of nitrogens with zero attached hydrogens (tertiary/aromatic N) is 1. The molecule has 0 saturated carbocycles. The Labute approximate surface area is 66.6 Å². The van der Waals surface area contributed by atoms with Gasteiger partial charge in [-0.2, -0.15) is 5.26 Å². The van der Waals surface area contributed by atoms with Gasteiger partial charge in [-0.25, -0.2) is 4.79 Å². The molecule has 0 bridgehead atoms. The highest BCUT2D eigenvalue weighted by Crippen LogP contribution is 1.94. The number of hydrogen-bond donors (Lipinski definition) is 2. The summed E-state index contributed by atoms with van der Waals surface area (Å²) in [4.78, 5) is 10.7. The molecule has 0 aliphatic carbocycles. The van der Waals surface area contributed by atoms with E-state index in [1.807, 2.05) is 13.0 Å². The number of carbonyl (C=O) groups excluding carboxylic acids is 1. The minimum absolute atomic E-state index is 0.0278. The molecule has 0 fully saturated rings. The van der Waals surface area contributed by atoms with Gasteiger partial charge in [0.25, 0.3) is 0 Å². The highest BCUT2D eigenvalue weighted by atomic mass is 16.2. The van der Waals surface area contributed by atoms with Crippen LogP contribution >= 0.6 is 0 Å². The van der Waals surface area contributed by atoms with Crippen LogP contribution in [-0.2, 0) is 0 Å². The first-order valence-corrected chi connectivity index (χ1v) is 3.59. The lowest BCUT2D eigenvalue weighted by Gasteiger charge is -2.12. The van der Waals surface area contributed by atoms with E-state index in [4.69, 9.17) is 5.26 Å². The van der Waals surface area contributed by atoms with Crippen molar-refractivity contribution in [1.82, 2.24) is 10.6 Å². The molecule has 0 aliphatic heterocycles. The summed E-state index contributed by atoms with van der Waals surface area (Å²) in [6.07, 6.45) is 1.14. The van der Waals surface area contributed by atoms with Crippen LogP contribution in [0.25, 0.3) is 0 Å². The maximum Gasteiger partial charge on any atom is 0.314 e. The van der Waals surface area contributed by atoms with Crippen molar-refractivity contribution in [2.75, 3.05) is 7.05 Å². The molecule has 1 atom stereocenters. The van der Waals surface area contributed by atoms with E-state index in [1.165, 1.54) is 0 Å². The summed E-state index contributed by atoms with van der Waals surface area (Å²) in [5.74, 6) is 0. The van der Waals surface area contributed by atoms with Crippen LogP contribution in [0.4, 0.5) is 4.79 Å². The number of amides is 2. The zero-order valence-electron chi connectivity index (χ0n) is 6.85. The molecule has 2 N–H and O–H groups in total. The van der Waals surface area contributed by atoms with Gasteiger partial charge in [0.05, 0.1) is 12.5 Å². The average molecular weight is 155 g/mol. The third-order valence-electron chi connectivity index (χ3n) is 1.39. The maximum atomic E-state index is 10.7. The van der Waals surface area contributed by atoms with E-state index in [2.05, 4.69) is 10.6 Å². The second-order valence-electron chi connectivity index (χ2n) is 2.19. The van der Waals surface area contributed by atoms with Crippen molar-refractivity contribution >= 4 is 6.03 Å². The van der Waals surface area contributed by atoms with E-state index in [1.54, 1.807) is 7.05 Å². The molecule has 0 rings (SSSR count). The minimum Gasteiger partial charge on any atom is -0.341 e. The molecule has 11 heavy (non-hydrogen) atoms. The zero-order chi connectivity index (χ0) is 8.69. The van der Waals surface area contributed by atoms with E-state index in [0.717, 1.165) is 6.42 Å². The van der Waals surface area contributed by atoms with Crippen molar-refractivity contribution in [3.63, 3.8) is 0 Å². The number of hydrogen-bond acceptors (Lipinski definition) is 2. The Morgan fingerprint density at radius 1 is 1.73 bits per heavy atom. The van der Waals surface area contributed by atoms with Crippen LogP contribution in [0.3, 0.4) is 0 Å². The first-order chi connectivity index (χ1) is 5.24. The summed E-state index contributed by atoms with van der Waals surface area (Å²) in [7, 11) is 1.55. The predicted octanol–water partition coefficient (Wildman–Crippen LogP) is 0.608. The minimum atomic E-state index is -0.230. The number of nitrogens with one attached hydrogen (secondary N) is 2. The lowest BCUT2D eigenvalue weighted by molar-refractivity contribution is 0.239. The number of nitriles is 1. The first kappa shape index (κ1) is 9.76. The molecule has 0 saturated heterocycles. The number of urea groups is 1. The van der Waals surface area contributed by atoms with E-state index in [-0.39, 0.29) is 12.1 Å². The van der Waals surface area contributed by atoms with Crippen LogP contribution in [0.15, 0.2) is 0 Å². The van der Waals surface area contributed by atoms with Crippen molar-refractivity contribution in [3.8, 4) is 6.07 Å². The molecule has 4 heteroatoms. The molecular formula is C7H13N3O. The molecule has 1 unspecified atom stereocenters. The van der Waals surface area contributed by atoms with Crippen LogP contribution in [0.2, 0.25) is 0 Å². The SMILES string of the molecule is CCC(CC#N)NC(=O)NC. The number of rotatable bonds is 3. The smallest absolute Gasteiger partial charge is 0.314 e. The van der Waals surface area contributed by atoms with Crippen LogP contribution < -0.4 is 10.6 Å². The Morgan fingerprint density at radius 3 is 2.73 bits per heavy atom. The first-order valence-electron chi connectivity index (χ1n) is 3.59. The summed E-state index contributed by atoms with van der Waals surface area (Å²) in [5.41, 5.74) is 0. The van der Waals surface area contributed by atoms with Gasteiger partial charge in [0.15, 0.2) is 0 Å². The fourth-order valence-electron chi connectivity index (χ4n) is 0.665. The highest BCUT2D eigenvalue weighted by molar-refractivity contribution is 5.73. The third-order valence-corrected chi connectivity index (χ3v) is 1.39. The third kappa shape index (κ3) is 4.20. The lowest BCUT2D eigenvalue weighted by atomic mass is 10.2.